The second-order valence-corrected chi connectivity index (χ2v) is 3.37. The lowest BCUT2D eigenvalue weighted by Gasteiger charge is -2.01. The second-order valence-electron chi connectivity index (χ2n) is 3.37. The Morgan fingerprint density at radius 2 is 2.25 bits per heavy atom. The van der Waals surface area contributed by atoms with Crippen LogP contribution in [0.15, 0.2) is 36.7 Å². The molecule has 2 rings (SSSR count). The number of halogens is 1. The van der Waals surface area contributed by atoms with Gasteiger partial charge in [0.15, 0.2) is 0 Å². The Morgan fingerprint density at radius 1 is 1.44 bits per heavy atom. The Kier molecular flexibility index (Phi) is 2.68. The van der Waals surface area contributed by atoms with Crippen molar-refractivity contribution in [1.29, 1.82) is 0 Å². The van der Waals surface area contributed by atoms with Crippen LogP contribution in [0.5, 0.6) is 0 Å². The number of aromatic nitrogens is 2. The number of hydrogen-bond acceptors (Lipinski definition) is 2. The van der Waals surface area contributed by atoms with E-state index >= 15 is 0 Å². The summed E-state index contributed by atoms with van der Waals surface area (Å²) in [6.45, 7) is 0. The van der Waals surface area contributed by atoms with Gasteiger partial charge in [-0.15, -0.1) is 0 Å². The van der Waals surface area contributed by atoms with Crippen LogP contribution in [0.4, 0.5) is 10.1 Å². The van der Waals surface area contributed by atoms with Gasteiger partial charge in [-0.3, -0.25) is 4.79 Å². The topological polar surface area (TPSA) is 46.9 Å². The van der Waals surface area contributed by atoms with Gasteiger partial charge in [0.05, 0.1) is 5.69 Å². The minimum absolute atomic E-state index is 0.0591. The molecule has 0 aromatic carbocycles. The van der Waals surface area contributed by atoms with Gasteiger partial charge in [-0.05, 0) is 18.2 Å². The van der Waals surface area contributed by atoms with E-state index in [0.717, 1.165) is 0 Å². The van der Waals surface area contributed by atoms with Gasteiger partial charge >= 0.3 is 0 Å². The number of rotatable bonds is 2. The first kappa shape index (κ1) is 10.4. The molecule has 0 bridgehead atoms. The minimum atomic E-state index is -0.666. The van der Waals surface area contributed by atoms with Crippen molar-refractivity contribution in [3.8, 4) is 0 Å². The summed E-state index contributed by atoms with van der Waals surface area (Å²) in [5, 5.41) is 2.62. The molecule has 0 unspecified atom stereocenters. The molecule has 0 radical (unpaired) electrons. The monoisotopic (exact) mass is 219 g/mol. The van der Waals surface area contributed by atoms with Crippen LogP contribution in [-0.2, 0) is 7.05 Å². The summed E-state index contributed by atoms with van der Waals surface area (Å²) in [5.41, 5.74) is 0.711. The molecule has 0 aliphatic carbocycles. The van der Waals surface area contributed by atoms with Crippen molar-refractivity contribution < 1.29 is 9.18 Å². The predicted molar refractivity (Wildman–Crippen MR) is 57.6 cm³/mol. The van der Waals surface area contributed by atoms with Crippen LogP contribution in [0, 0.1) is 5.95 Å². The number of pyridine rings is 1. The second kappa shape index (κ2) is 4.14. The van der Waals surface area contributed by atoms with Crippen molar-refractivity contribution in [3.63, 3.8) is 0 Å². The Hall–Kier alpha value is -2.17. The van der Waals surface area contributed by atoms with Crippen LogP contribution in [-0.4, -0.2) is 15.5 Å². The first-order chi connectivity index (χ1) is 7.65. The van der Waals surface area contributed by atoms with Gasteiger partial charge in [0, 0.05) is 19.4 Å². The lowest BCUT2D eigenvalue weighted by Crippen LogP contribution is -2.13. The summed E-state index contributed by atoms with van der Waals surface area (Å²) in [5.74, 6) is -1.09. The number of hydrogen-bond donors (Lipinski definition) is 1. The standard InChI is InChI=1S/C11H10FN3O/c1-15-6-5-8(7-15)13-11(16)9-3-2-4-10(12)14-9/h2-7H,1H3,(H,13,16). The highest BCUT2D eigenvalue weighted by molar-refractivity contribution is 6.02. The molecule has 0 spiro atoms. The molecule has 0 atom stereocenters. The lowest BCUT2D eigenvalue weighted by molar-refractivity contribution is 0.102. The molecule has 1 N–H and O–H groups in total. The zero-order chi connectivity index (χ0) is 11.5. The molecule has 0 saturated carbocycles. The SMILES string of the molecule is Cn1ccc(NC(=O)c2cccc(F)n2)c1. The van der Waals surface area contributed by atoms with Gasteiger partial charge in [-0.25, -0.2) is 4.98 Å². The third kappa shape index (κ3) is 2.25. The molecule has 0 saturated heterocycles. The third-order valence-electron chi connectivity index (χ3n) is 2.04. The first-order valence-electron chi connectivity index (χ1n) is 4.71. The van der Waals surface area contributed by atoms with E-state index in [0.29, 0.717) is 5.69 Å². The molecule has 2 aromatic heterocycles. The zero-order valence-electron chi connectivity index (χ0n) is 8.64. The average Bonchev–Trinajstić information content (AvgIpc) is 2.64. The van der Waals surface area contributed by atoms with E-state index in [1.807, 2.05) is 7.05 Å². The molecule has 0 aliphatic rings. The van der Waals surface area contributed by atoms with Gasteiger partial charge in [-0.1, -0.05) is 6.07 Å². The summed E-state index contributed by atoms with van der Waals surface area (Å²) in [4.78, 5) is 15.1. The van der Waals surface area contributed by atoms with Crippen LogP contribution in [0.2, 0.25) is 0 Å². The summed E-state index contributed by atoms with van der Waals surface area (Å²) < 4.78 is 14.6. The summed E-state index contributed by atoms with van der Waals surface area (Å²) in [6.07, 6.45) is 3.55. The van der Waals surface area contributed by atoms with Crippen molar-refractivity contribution >= 4 is 11.6 Å². The molecular weight excluding hydrogens is 209 g/mol. The van der Waals surface area contributed by atoms with E-state index in [1.165, 1.54) is 18.2 Å². The Bertz CT molecular complexity index is 521. The smallest absolute Gasteiger partial charge is 0.274 e. The van der Waals surface area contributed by atoms with E-state index < -0.39 is 11.9 Å². The van der Waals surface area contributed by atoms with Crippen molar-refractivity contribution in [3.05, 3.63) is 48.3 Å². The van der Waals surface area contributed by atoms with Crippen molar-refractivity contribution in [1.82, 2.24) is 9.55 Å². The highest BCUT2D eigenvalue weighted by atomic mass is 19.1. The van der Waals surface area contributed by atoms with E-state index in [-0.39, 0.29) is 5.69 Å². The summed E-state index contributed by atoms with van der Waals surface area (Å²) in [7, 11) is 1.84. The molecule has 5 heteroatoms. The summed E-state index contributed by atoms with van der Waals surface area (Å²) in [6, 6.07) is 5.85. The normalized spacial score (nSPS) is 10.1. The fraction of sp³-hybridized carbons (Fsp3) is 0.0909. The predicted octanol–water partition coefficient (Wildman–Crippen LogP) is 1.81. The molecule has 1 amide bonds. The lowest BCUT2D eigenvalue weighted by atomic mass is 10.3. The van der Waals surface area contributed by atoms with E-state index in [1.54, 1.807) is 23.0 Å². The molecule has 4 nitrogen and oxygen atoms in total. The minimum Gasteiger partial charge on any atom is -0.355 e. The maximum Gasteiger partial charge on any atom is 0.274 e. The van der Waals surface area contributed by atoms with Gasteiger partial charge in [-0.2, -0.15) is 4.39 Å². The molecule has 2 heterocycles. The quantitative estimate of drug-likeness (QED) is 0.783. The fourth-order valence-corrected chi connectivity index (χ4v) is 1.31. The largest absolute Gasteiger partial charge is 0.355 e. The Morgan fingerprint density at radius 3 is 2.88 bits per heavy atom. The van der Waals surface area contributed by atoms with Gasteiger partial charge in [0.25, 0.3) is 5.91 Å². The van der Waals surface area contributed by atoms with Crippen LogP contribution < -0.4 is 5.32 Å². The molecule has 0 fully saturated rings. The maximum absolute atomic E-state index is 12.8. The van der Waals surface area contributed by atoms with Gasteiger partial charge < -0.3 is 9.88 Å². The van der Waals surface area contributed by atoms with Crippen LogP contribution in [0.25, 0.3) is 0 Å². The van der Waals surface area contributed by atoms with Crippen molar-refractivity contribution in [2.45, 2.75) is 0 Å². The van der Waals surface area contributed by atoms with Crippen molar-refractivity contribution in [2.24, 2.45) is 7.05 Å². The van der Waals surface area contributed by atoms with Crippen LogP contribution in [0.3, 0.4) is 0 Å². The van der Waals surface area contributed by atoms with Gasteiger partial charge in [0.2, 0.25) is 5.95 Å². The summed E-state index contributed by atoms with van der Waals surface area (Å²) >= 11 is 0. The molecule has 16 heavy (non-hydrogen) atoms. The third-order valence-corrected chi connectivity index (χ3v) is 2.04. The molecular formula is C11H10FN3O. The number of amides is 1. The average molecular weight is 219 g/mol. The van der Waals surface area contributed by atoms with Crippen molar-refractivity contribution in [2.75, 3.05) is 5.32 Å². The maximum atomic E-state index is 12.8. The number of carbonyl (C=O) groups is 1. The number of anilines is 1. The molecule has 0 aliphatic heterocycles. The first-order valence-corrected chi connectivity index (χ1v) is 4.71. The van der Waals surface area contributed by atoms with Crippen LogP contribution in [0.1, 0.15) is 10.5 Å². The van der Waals surface area contributed by atoms with E-state index in [9.17, 15) is 9.18 Å². The Balaban J connectivity index is 2.14. The number of carbonyl (C=O) groups excluding carboxylic acids is 1. The number of nitrogens with zero attached hydrogens (tertiary/aromatic N) is 2. The zero-order valence-corrected chi connectivity index (χ0v) is 8.64. The van der Waals surface area contributed by atoms with E-state index in [2.05, 4.69) is 10.3 Å². The van der Waals surface area contributed by atoms with Gasteiger partial charge in [0.1, 0.15) is 5.69 Å². The van der Waals surface area contributed by atoms with Crippen LogP contribution >= 0.6 is 0 Å². The molecule has 82 valence electrons. The number of aryl methyl sites for hydroxylation is 1. The molecule has 2 aromatic rings. The Labute approximate surface area is 91.7 Å². The highest BCUT2D eigenvalue weighted by Crippen LogP contribution is 2.08. The number of nitrogens with one attached hydrogen (secondary N) is 1. The highest BCUT2D eigenvalue weighted by Gasteiger charge is 2.08. The fourth-order valence-electron chi connectivity index (χ4n) is 1.31. The van der Waals surface area contributed by atoms with E-state index in [4.69, 9.17) is 0 Å².